The predicted octanol–water partition coefficient (Wildman–Crippen LogP) is 2.69. The monoisotopic (exact) mass is 468 g/mol. The topological polar surface area (TPSA) is 134 Å². The normalized spacial score (nSPS) is 13.5. The molecule has 8 heteroatoms. The Morgan fingerprint density at radius 3 is 2.12 bits per heavy atom. The molecule has 2 aromatic rings. The molecule has 0 heterocycles. The van der Waals surface area contributed by atoms with E-state index >= 15 is 0 Å². The quantitative estimate of drug-likeness (QED) is 0.255. The number of unbranched alkanes of at least 4 members (excludes halogenated alkanes) is 2. The molecule has 0 unspecified atom stereocenters. The molecule has 2 amide bonds. The molecule has 2 aromatic carbocycles. The Labute approximate surface area is 201 Å². The van der Waals surface area contributed by atoms with Crippen LogP contribution in [0.3, 0.4) is 0 Å². The summed E-state index contributed by atoms with van der Waals surface area (Å²) in [6, 6.07) is 16.3. The first-order chi connectivity index (χ1) is 16.4. The highest BCUT2D eigenvalue weighted by atomic mass is 16.4. The van der Waals surface area contributed by atoms with E-state index in [0.29, 0.717) is 31.5 Å². The summed E-state index contributed by atoms with van der Waals surface area (Å²) in [5.74, 6) is -1.74. The molecule has 184 valence electrons. The molecule has 0 bridgehead atoms. The fourth-order valence-corrected chi connectivity index (χ4v) is 3.58. The first-order valence-corrected chi connectivity index (χ1v) is 11.8. The molecule has 0 radical (unpaired) electrons. The van der Waals surface area contributed by atoms with Crippen molar-refractivity contribution in [1.29, 1.82) is 0 Å². The van der Waals surface area contributed by atoms with Crippen LogP contribution in [0.5, 0.6) is 0 Å². The van der Waals surface area contributed by atoms with Gasteiger partial charge in [0.05, 0.1) is 6.04 Å². The third-order valence-electron chi connectivity index (χ3n) is 5.57. The molecule has 0 saturated carbocycles. The second-order valence-electron chi connectivity index (χ2n) is 8.36. The molecular formula is C26H36N4O4. The van der Waals surface area contributed by atoms with Gasteiger partial charge in [-0.25, -0.2) is 0 Å². The van der Waals surface area contributed by atoms with Crippen LogP contribution in [0.1, 0.15) is 44.6 Å². The molecule has 0 aliphatic rings. The van der Waals surface area contributed by atoms with Gasteiger partial charge in [0, 0.05) is 5.69 Å². The molecule has 0 saturated heterocycles. The van der Waals surface area contributed by atoms with E-state index in [9.17, 15) is 19.5 Å². The van der Waals surface area contributed by atoms with Crippen molar-refractivity contribution in [3.63, 3.8) is 0 Å². The van der Waals surface area contributed by atoms with Crippen LogP contribution < -0.4 is 21.7 Å². The summed E-state index contributed by atoms with van der Waals surface area (Å²) >= 11 is 0. The van der Waals surface area contributed by atoms with Crippen molar-refractivity contribution in [1.82, 2.24) is 10.6 Å². The Balaban J connectivity index is 2.10. The number of anilines is 1. The van der Waals surface area contributed by atoms with Crippen LogP contribution in [0.2, 0.25) is 0 Å². The number of hydrogen-bond donors (Lipinski definition) is 5. The van der Waals surface area contributed by atoms with Gasteiger partial charge in [0.2, 0.25) is 11.8 Å². The molecule has 34 heavy (non-hydrogen) atoms. The van der Waals surface area contributed by atoms with Gasteiger partial charge in [-0.05, 0) is 56.8 Å². The lowest BCUT2D eigenvalue weighted by molar-refractivity contribution is -0.139. The van der Waals surface area contributed by atoms with Gasteiger partial charge in [0.15, 0.2) is 0 Å². The Morgan fingerprint density at radius 1 is 0.853 bits per heavy atom. The maximum atomic E-state index is 13.2. The number of amides is 2. The van der Waals surface area contributed by atoms with Crippen molar-refractivity contribution in [2.24, 2.45) is 5.73 Å². The standard InChI is InChI=1S/C26H36N4O4/c1-19(26(33)34)28-23(17-16-20-11-5-2-6-12-20)25(32)30-22(15-9-4-10-18-27)24(31)29-21-13-7-3-8-14-21/h2-3,5-8,11-14,19,22-23,28H,4,9-10,15-18,27H2,1H3,(H,29,31)(H,30,32)(H,33,34)/t19-,22+,23+/m1/s1. The number of benzene rings is 2. The van der Waals surface area contributed by atoms with Crippen LogP contribution >= 0.6 is 0 Å². The first-order valence-electron chi connectivity index (χ1n) is 11.8. The molecule has 0 aromatic heterocycles. The van der Waals surface area contributed by atoms with Gasteiger partial charge in [-0.15, -0.1) is 0 Å². The number of aryl methyl sites for hydroxylation is 1. The molecule has 2 rings (SSSR count). The van der Waals surface area contributed by atoms with E-state index in [1.165, 1.54) is 6.92 Å². The second-order valence-corrected chi connectivity index (χ2v) is 8.36. The maximum absolute atomic E-state index is 13.2. The van der Waals surface area contributed by atoms with Crippen molar-refractivity contribution in [3.05, 3.63) is 66.2 Å². The summed E-state index contributed by atoms with van der Waals surface area (Å²) in [6.45, 7) is 2.07. The fraction of sp³-hybridized carbons (Fsp3) is 0.423. The second kappa shape index (κ2) is 14.8. The van der Waals surface area contributed by atoms with E-state index in [1.807, 2.05) is 48.5 Å². The minimum atomic E-state index is -1.04. The maximum Gasteiger partial charge on any atom is 0.320 e. The smallest absolute Gasteiger partial charge is 0.320 e. The highest BCUT2D eigenvalue weighted by Crippen LogP contribution is 2.11. The number of para-hydroxylation sites is 1. The third kappa shape index (κ3) is 9.72. The average Bonchev–Trinajstić information content (AvgIpc) is 2.84. The molecule has 6 N–H and O–H groups in total. The Kier molecular flexibility index (Phi) is 11.8. The average molecular weight is 469 g/mol. The van der Waals surface area contributed by atoms with Crippen LogP contribution in [-0.2, 0) is 20.8 Å². The van der Waals surface area contributed by atoms with E-state index in [0.717, 1.165) is 24.8 Å². The molecule has 0 aliphatic heterocycles. The van der Waals surface area contributed by atoms with Gasteiger partial charge < -0.3 is 21.5 Å². The number of carboxylic acid groups (broad SMARTS) is 1. The van der Waals surface area contributed by atoms with Gasteiger partial charge in [-0.1, -0.05) is 61.4 Å². The van der Waals surface area contributed by atoms with Crippen LogP contribution in [0, 0.1) is 0 Å². The summed E-state index contributed by atoms with van der Waals surface area (Å²) in [4.78, 5) is 37.6. The summed E-state index contributed by atoms with van der Waals surface area (Å²) in [5.41, 5.74) is 7.27. The van der Waals surface area contributed by atoms with Crippen LogP contribution in [0.15, 0.2) is 60.7 Å². The molecule has 3 atom stereocenters. The number of rotatable bonds is 15. The highest BCUT2D eigenvalue weighted by molar-refractivity contribution is 5.97. The zero-order chi connectivity index (χ0) is 24.8. The van der Waals surface area contributed by atoms with Crippen molar-refractivity contribution in [2.75, 3.05) is 11.9 Å². The lowest BCUT2D eigenvalue weighted by Crippen LogP contribution is -2.54. The van der Waals surface area contributed by atoms with Crippen molar-refractivity contribution >= 4 is 23.5 Å². The first kappa shape index (κ1) is 27.0. The molecule has 0 fully saturated rings. The largest absolute Gasteiger partial charge is 0.480 e. The van der Waals surface area contributed by atoms with Gasteiger partial charge in [0.1, 0.15) is 12.1 Å². The minimum absolute atomic E-state index is 0.305. The molecule has 0 aliphatic carbocycles. The van der Waals surface area contributed by atoms with Gasteiger partial charge in [-0.3, -0.25) is 19.7 Å². The molecule has 8 nitrogen and oxygen atoms in total. The number of nitrogens with two attached hydrogens (primary N) is 1. The van der Waals surface area contributed by atoms with Crippen molar-refractivity contribution in [3.8, 4) is 0 Å². The summed E-state index contributed by atoms with van der Waals surface area (Å²) in [7, 11) is 0. The van der Waals surface area contributed by atoms with Gasteiger partial charge in [-0.2, -0.15) is 0 Å². The van der Waals surface area contributed by atoms with Crippen molar-refractivity contribution < 1.29 is 19.5 Å². The lowest BCUT2D eigenvalue weighted by atomic mass is 10.0. The summed E-state index contributed by atoms with van der Waals surface area (Å²) in [5, 5.41) is 17.9. The Hall–Kier alpha value is -3.23. The highest BCUT2D eigenvalue weighted by Gasteiger charge is 2.27. The number of carbonyl (C=O) groups excluding carboxylic acids is 2. The fourth-order valence-electron chi connectivity index (χ4n) is 3.58. The molecule has 0 spiro atoms. The van der Waals surface area contributed by atoms with E-state index in [2.05, 4.69) is 16.0 Å². The third-order valence-corrected chi connectivity index (χ3v) is 5.57. The van der Waals surface area contributed by atoms with Crippen LogP contribution in [0.4, 0.5) is 5.69 Å². The molecular weight excluding hydrogens is 432 g/mol. The van der Waals surface area contributed by atoms with E-state index in [4.69, 9.17) is 5.73 Å². The van der Waals surface area contributed by atoms with E-state index in [1.54, 1.807) is 12.1 Å². The zero-order valence-electron chi connectivity index (χ0n) is 19.7. The van der Waals surface area contributed by atoms with Gasteiger partial charge >= 0.3 is 5.97 Å². The van der Waals surface area contributed by atoms with E-state index in [-0.39, 0.29) is 5.91 Å². The predicted molar refractivity (Wildman–Crippen MR) is 133 cm³/mol. The SMILES string of the molecule is C[C@@H](N[C@@H](CCc1ccccc1)C(=O)N[C@@H](CCCCCN)C(=O)Nc1ccccc1)C(=O)O. The summed E-state index contributed by atoms with van der Waals surface area (Å²) < 4.78 is 0. The number of hydrogen-bond acceptors (Lipinski definition) is 5. The van der Waals surface area contributed by atoms with Crippen LogP contribution in [0.25, 0.3) is 0 Å². The Bertz CT molecular complexity index is 892. The minimum Gasteiger partial charge on any atom is -0.480 e. The number of nitrogens with one attached hydrogen (secondary N) is 3. The zero-order valence-corrected chi connectivity index (χ0v) is 19.7. The number of aliphatic carboxylic acids is 1. The van der Waals surface area contributed by atoms with Gasteiger partial charge in [0.25, 0.3) is 0 Å². The number of carbonyl (C=O) groups is 3. The lowest BCUT2D eigenvalue weighted by Gasteiger charge is -2.24. The van der Waals surface area contributed by atoms with Crippen LogP contribution in [-0.4, -0.2) is 47.6 Å². The van der Waals surface area contributed by atoms with E-state index < -0.39 is 30.0 Å². The summed E-state index contributed by atoms with van der Waals surface area (Å²) in [6.07, 6.45) is 3.89. The van der Waals surface area contributed by atoms with Crippen molar-refractivity contribution in [2.45, 2.75) is 63.6 Å². The number of carboxylic acids is 1. The Morgan fingerprint density at radius 2 is 1.50 bits per heavy atom.